The summed E-state index contributed by atoms with van der Waals surface area (Å²) in [6, 6.07) is 1.86. The average molecular weight is 264 g/mol. The third kappa shape index (κ3) is 4.19. The Kier molecular flexibility index (Phi) is 5.17. The zero-order valence-electron chi connectivity index (χ0n) is 12.6. The highest BCUT2D eigenvalue weighted by atomic mass is 15.2. The van der Waals surface area contributed by atoms with Gasteiger partial charge in [0.1, 0.15) is 0 Å². The molecule has 1 heterocycles. The topological polar surface area (TPSA) is 15.3 Å². The van der Waals surface area contributed by atoms with Crippen LogP contribution in [0.1, 0.15) is 70.6 Å². The molecule has 3 rings (SSSR count). The van der Waals surface area contributed by atoms with Gasteiger partial charge in [0.15, 0.2) is 0 Å². The molecule has 3 aliphatic rings. The van der Waals surface area contributed by atoms with Crippen molar-refractivity contribution in [2.45, 2.75) is 82.7 Å². The monoisotopic (exact) mass is 264 g/mol. The molecule has 2 saturated carbocycles. The third-order valence-corrected chi connectivity index (χ3v) is 5.49. The number of unbranched alkanes of at least 4 members (excludes halogenated alkanes) is 2. The van der Waals surface area contributed by atoms with Gasteiger partial charge in [-0.25, -0.2) is 0 Å². The van der Waals surface area contributed by atoms with E-state index in [4.69, 9.17) is 0 Å². The van der Waals surface area contributed by atoms with Gasteiger partial charge in [-0.05, 0) is 76.9 Å². The van der Waals surface area contributed by atoms with Crippen LogP contribution in [0.5, 0.6) is 0 Å². The summed E-state index contributed by atoms with van der Waals surface area (Å²) >= 11 is 0. The van der Waals surface area contributed by atoms with Gasteiger partial charge in [0, 0.05) is 12.1 Å². The second kappa shape index (κ2) is 7.08. The fourth-order valence-corrected chi connectivity index (χ4v) is 4.22. The Morgan fingerprint density at radius 3 is 2.47 bits per heavy atom. The van der Waals surface area contributed by atoms with E-state index in [-0.39, 0.29) is 0 Å². The van der Waals surface area contributed by atoms with Gasteiger partial charge in [0.05, 0.1) is 0 Å². The summed E-state index contributed by atoms with van der Waals surface area (Å²) in [6.07, 6.45) is 16.1. The van der Waals surface area contributed by atoms with Crippen molar-refractivity contribution >= 4 is 0 Å². The highest BCUT2D eigenvalue weighted by Crippen LogP contribution is 2.35. The molecule has 1 unspecified atom stereocenters. The zero-order chi connectivity index (χ0) is 12.9. The van der Waals surface area contributed by atoms with Gasteiger partial charge in [-0.3, -0.25) is 0 Å². The van der Waals surface area contributed by atoms with E-state index in [1.165, 1.54) is 90.3 Å². The van der Waals surface area contributed by atoms with Crippen LogP contribution in [0.15, 0.2) is 0 Å². The van der Waals surface area contributed by atoms with Crippen LogP contribution in [0.3, 0.4) is 0 Å². The van der Waals surface area contributed by atoms with Crippen molar-refractivity contribution in [2.24, 2.45) is 5.92 Å². The van der Waals surface area contributed by atoms with E-state index < -0.39 is 0 Å². The van der Waals surface area contributed by atoms with E-state index in [0.717, 1.165) is 18.0 Å². The summed E-state index contributed by atoms with van der Waals surface area (Å²) in [5, 5.41) is 3.62. The molecule has 1 atom stereocenters. The van der Waals surface area contributed by atoms with Crippen LogP contribution in [0.4, 0.5) is 0 Å². The predicted molar refractivity (Wildman–Crippen MR) is 81.4 cm³/mol. The number of rotatable bonds is 8. The van der Waals surface area contributed by atoms with Gasteiger partial charge in [0.2, 0.25) is 0 Å². The Morgan fingerprint density at radius 1 is 0.842 bits per heavy atom. The second-order valence-corrected chi connectivity index (χ2v) is 7.08. The molecule has 0 spiro atoms. The van der Waals surface area contributed by atoms with Gasteiger partial charge < -0.3 is 10.2 Å². The molecule has 1 aliphatic heterocycles. The Labute approximate surface area is 119 Å². The molecular weight excluding hydrogens is 232 g/mol. The van der Waals surface area contributed by atoms with Crippen LogP contribution >= 0.6 is 0 Å². The molecule has 1 saturated heterocycles. The molecule has 0 amide bonds. The quantitative estimate of drug-likeness (QED) is 0.674. The van der Waals surface area contributed by atoms with Crippen molar-refractivity contribution in [3.8, 4) is 0 Å². The predicted octanol–water partition coefficient (Wildman–Crippen LogP) is 3.56. The highest BCUT2D eigenvalue weighted by Gasteiger charge is 2.32. The lowest BCUT2D eigenvalue weighted by Gasteiger charge is -2.29. The van der Waals surface area contributed by atoms with Crippen LogP contribution in [0.2, 0.25) is 0 Å². The summed E-state index contributed by atoms with van der Waals surface area (Å²) in [5.41, 5.74) is 0. The van der Waals surface area contributed by atoms with Crippen molar-refractivity contribution in [1.29, 1.82) is 0 Å². The number of nitrogens with one attached hydrogen (secondary N) is 1. The van der Waals surface area contributed by atoms with E-state index in [1.807, 2.05) is 0 Å². The van der Waals surface area contributed by atoms with Crippen LogP contribution in [-0.2, 0) is 0 Å². The third-order valence-electron chi connectivity index (χ3n) is 5.49. The Bertz CT molecular complexity index is 256. The first kappa shape index (κ1) is 13.9. The lowest BCUT2D eigenvalue weighted by molar-refractivity contribution is 0.187. The van der Waals surface area contributed by atoms with Crippen molar-refractivity contribution in [3.63, 3.8) is 0 Å². The fraction of sp³-hybridized carbons (Fsp3) is 1.00. The van der Waals surface area contributed by atoms with Crippen LogP contribution in [0, 0.1) is 5.92 Å². The summed E-state index contributed by atoms with van der Waals surface area (Å²) in [6.45, 7) is 4.03. The smallest absolute Gasteiger partial charge is 0.0124 e. The lowest BCUT2D eigenvalue weighted by atomic mass is 9.96. The summed E-state index contributed by atoms with van der Waals surface area (Å²) in [4.78, 5) is 2.84. The summed E-state index contributed by atoms with van der Waals surface area (Å²) in [7, 11) is 0. The number of hydrogen-bond acceptors (Lipinski definition) is 2. The van der Waals surface area contributed by atoms with Crippen molar-refractivity contribution in [1.82, 2.24) is 10.2 Å². The molecule has 0 radical (unpaired) electrons. The molecule has 0 aromatic heterocycles. The van der Waals surface area contributed by atoms with Crippen LogP contribution in [-0.4, -0.2) is 36.6 Å². The SMILES string of the molecule is C(CCNC1CC1)CCN1CCCC1C1CCCC1. The van der Waals surface area contributed by atoms with E-state index in [2.05, 4.69) is 10.2 Å². The molecule has 110 valence electrons. The van der Waals surface area contributed by atoms with Crippen molar-refractivity contribution in [3.05, 3.63) is 0 Å². The molecule has 3 fully saturated rings. The van der Waals surface area contributed by atoms with E-state index >= 15 is 0 Å². The van der Waals surface area contributed by atoms with Crippen LogP contribution < -0.4 is 5.32 Å². The van der Waals surface area contributed by atoms with Crippen LogP contribution in [0.25, 0.3) is 0 Å². The lowest BCUT2D eigenvalue weighted by Crippen LogP contribution is -2.35. The fourth-order valence-electron chi connectivity index (χ4n) is 4.22. The molecule has 1 N–H and O–H groups in total. The van der Waals surface area contributed by atoms with Gasteiger partial charge in [-0.15, -0.1) is 0 Å². The standard InChI is InChI=1S/C17H32N2/c1(4-12-18-16-10-11-16)5-13-19-14-6-9-17(19)15-7-2-3-8-15/h15-18H,1-14H2. The first-order valence-electron chi connectivity index (χ1n) is 8.91. The molecule has 2 heteroatoms. The maximum atomic E-state index is 3.62. The van der Waals surface area contributed by atoms with Gasteiger partial charge in [0.25, 0.3) is 0 Å². The molecule has 0 aromatic rings. The first-order valence-corrected chi connectivity index (χ1v) is 8.91. The molecule has 2 aliphatic carbocycles. The molecular formula is C17H32N2. The second-order valence-electron chi connectivity index (χ2n) is 7.08. The minimum absolute atomic E-state index is 0.894. The molecule has 0 aromatic carbocycles. The minimum Gasteiger partial charge on any atom is -0.314 e. The van der Waals surface area contributed by atoms with Gasteiger partial charge in [-0.1, -0.05) is 19.3 Å². The number of likely N-dealkylation sites (tertiary alicyclic amines) is 1. The Morgan fingerprint density at radius 2 is 1.68 bits per heavy atom. The molecule has 0 bridgehead atoms. The minimum atomic E-state index is 0.894. The number of nitrogens with zero attached hydrogens (tertiary/aromatic N) is 1. The maximum absolute atomic E-state index is 3.62. The largest absolute Gasteiger partial charge is 0.314 e. The average Bonchev–Trinajstić information content (AvgIpc) is 2.93. The Hall–Kier alpha value is -0.0800. The van der Waals surface area contributed by atoms with E-state index in [1.54, 1.807) is 0 Å². The van der Waals surface area contributed by atoms with E-state index in [0.29, 0.717) is 0 Å². The van der Waals surface area contributed by atoms with Gasteiger partial charge >= 0.3 is 0 Å². The first-order chi connectivity index (χ1) is 9.43. The summed E-state index contributed by atoms with van der Waals surface area (Å²) < 4.78 is 0. The molecule has 19 heavy (non-hydrogen) atoms. The summed E-state index contributed by atoms with van der Waals surface area (Å²) in [5.74, 6) is 1.05. The van der Waals surface area contributed by atoms with E-state index in [9.17, 15) is 0 Å². The zero-order valence-corrected chi connectivity index (χ0v) is 12.6. The Balaban J connectivity index is 1.27. The van der Waals surface area contributed by atoms with Gasteiger partial charge in [-0.2, -0.15) is 0 Å². The normalized spacial score (nSPS) is 29.4. The number of hydrogen-bond donors (Lipinski definition) is 1. The van der Waals surface area contributed by atoms with Crippen molar-refractivity contribution in [2.75, 3.05) is 19.6 Å². The van der Waals surface area contributed by atoms with Crippen molar-refractivity contribution < 1.29 is 0 Å². The highest BCUT2D eigenvalue weighted by molar-refractivity contribution is 4.87. The molecule has 2 nitrogen and oxygen atoms in total. The maximum Gasteiger partial charge on any atom is 0.0124 e.